The number of hydrogen-bond acceptors (Lipinski definition) is 3. The minimum atomic E-state index is 0. The van der Waals surface area contributed by atoms with E-state index in [-0.39, 0.29) is 24.0 Å². The van der Waals surface area contributed by atoms with Crippen LogP contribution in [-0.2, 0) is 6.54 Å². The van der Waals surface area contributed by atoms with E-state index in [1.54, 1.807) is 0 Å². The van der Waals surface area contributed by atoms with Gasteiger partial charge in [-0.3, -0.25) is 0 Å². The molecular weight excluding hydrogens is 443 g/mol. The van der Waals surface area contributed by atoms with Crippen molar-refractivity contribution in [3.63, 3.8) is 0 Å². The van der Waals surface area contributed by atoms with Gasteiger partial charge in [-0.25, -0.2) is 4.99 Å². The average molecular weight is 464 g/mol. The van der Waals surface area contributed by atoms with Gasteiger partial charge in [0.15, 0.2) is 17.5 Å². The Bertz CT molecular complexity index is 890. The van der Waals surface area contributed by atoms with Gasteiger partial charge in [0.2, 0.25) is 0 Å². The molecule has 2 aromatic carbocycles. The lowest BCUT2D eigenvalue weighted by atomic mass is 10.2. The molecule has 0 bridgehead atoms. The molecule has 0 spiro atoms. The fourth-order valence-corrected chi connectivity index (χ4v) is 2.82. The number of H-pyrrole nitrogens is 1. The number of ether oxygens (including phenoxy) is 2. The molecule has 136 valence electrons. The number of aromatic amines is 1. The van der Waals surface area contributed by atoms with Gasteiger partial charge in [0.1, 0.15) is 0 Å². The first-order valence-corrected chi connectivity index (χ1v) is 8.31. The van der Waals surface area contributed by atoms with E-state index in [0.717, 1.165) is 34.8 Å². The number of benzene rings is 2. The summed E-state index contributed by atoms with van der Waals surface area (Å²) in [6, 6.07) is 15.9. The second-order valence-electron chi connectivity index (χ2n) is 5.92. The second-order valence-corrected chi connectivity index (χ2v) is 5.92. The third kappa shape index (κ3) is 4.21. The number of aromatic nitrogens is 1. The van der Waals surface area contributed by atoms with Crippen LogP contribution in [0, 0.1) is 0 Å². The minimum absolute atomic E-state index is 0. The SMILES string of the molecule is I.NC(=NCc1cc2ccccc2[nH]1)Nc1ccc2c(c1)OCCCO2. The summed E-state index contributed by atoms with van der Waals surface area (Å²) in [6.45, 7) is 1.81. The van der Waals surface area contributed by atoms with Gasteiger partial charge >= 0.3 is 0 Å². The maximum Gasteiger partial charge on any atom is 0.193 e. The van der Waals surface area contributed by atoms with Gasteiger partial charge in [0.05, 0.1) is 19.8 Å². The van der Waals surface area contributed by atoms with Crippen molar-refractivity contribution in [2.24, 2.45) is 10.7 Å². The van der Waals surface area contributed by atoms with Crippen molar-refractivity contribution < 1.29 is 9.47 Å². The zero-order chi connectivity index (χ0) is 17.1. The van der Waals surface area contributed by atoms with Crippen LogP contribution in [0.1, 0.15) is 12.1 Å². The first-order chi connectivity index (χ1) is 12.3. The van der Waals surface area contributed by atoms with Gasteiger partial charge in [0, 0.05) is 29.4 Å². The number of halogens is 1. The molecule has 4 rings (SSSR count). The zero-order valence-electron chi connectivity index (χ0n) is 14.2. The van der Waals surface area contributed by atoms with Crippen LogP contribution >= 0.6 is 24.0 Å². The molecular formula is C19H21IN4O2. The predicted octanol–water partition coefficient (Wildman–Crippen LogP) is 3.87. The fourth-order valence-electron chi connectivity index (χ4n) is 2.82. The fraction of sp³-hybridized carbons (Fsp3) is 0.211. The Balaban J connectivity index is 0.00000196. The highest BCUT2D eigenvalue weighted by Gasteiger charge is 2.10. The number of fused-ring (bicyclic) bond motifs is 2. The van der Waals surface area contributed by atoms with Crippen molar-refractivity contribution >= 4 is 46.5 Å². The van der Waals surface area contributed by atoms with E-state index in [1.807, 2.05) is 36.4 Å². The number of anilines is 1. The number of nitrogens with zero attached hydrogens (tertiary/aromatic N) is 1. The lowest BCUT2D eigenvalue weighted by Gasteiger charge is -2.10. The summed E-state index contributed by atoms with van der Waals surface area (Å²) < 4.78 is 11.3. The summed E-state index contributed by atoms with van der Waals surface area (Å²) in [6.07, 6.45) is 0.880. The minimum Gasteiger partial charge on any atom is -0.490 e. The molecule has 0 atom stereocenters. The zero-order valence-corrected chi connectivity index (χ0v) is 16.5. The molecule has 1 aliphatic heterocycles. The number of guanidine groups is 1. The Morgan fingerprint density at radius 3 is 2.73 bits per heavy atom. The number of nitrogens with two attached hydrogens (primary N) is 1. The van der Waals surface area contributed by atoms with E-state index in [9.17, 15) is 0 Å². The third-order valence-corrected chi connectivity index (χ3v) is 4.03. The van der Waals surface area contributed by atoms with Crippen molar-refractivity contribution in [2.75, 3.05) is 18.5 Å². The molecule has 2 heterocycles. The summed E-state index contributed by atoms with van der Waals surface area (Å²) in [4.78, 5) is 7.73. The Morgan fingerprint density at radius 1 is 1.08 bits per heavy atom. The molecule has 3 aromatic rings. The lowest BCUT2D eigenvalue weighted by molar-refractivity contribution is 0.297. The van der Waals surface area contributed by atoms with Crippen molar-refractivity contribution in [3.8, 4) is 11.5 Å². The molecule has 1 aliphatic rings. The first-order valence-electron chi connectivity index (χ1n) is 8.31. The Labute approximate surface area is 168 Å². The highest BCUT2D eigenvalue weighted by atomic mass is 127. The maximum atomic E-state index is 6.01. The van der Waals surface area contributed by atoms with Gasteiger partial charge in [-0.15, -0.1) is 24.0 Å². The summed E-state index contributed by atoms with van der Waals surface area (Å²) in [5.41, 5.74) is 8.95. The second kappa shape index (κ2) is 8.31. The normalized spacial score (nSPS) is 13.8. The van der Waals surface area contributed by atoms with E-state index in [4.69, 9.17) is 15.2 Å². The Kier molecular flexibility index (Phi) is 5.87. The standard InChI is InChI=1S/C19H20N4O2.HI/c20-19(21-12-15-10-13-4-1-2-5-16(13)22-15)23-14-6-7-17-18(11-14)25-9-3-8-24-17;/h1-2,4-7,10-11,22H,3,8-9,12H2,(H3,20,21,23);1H. The van der Waals surface area contributed by atoms with Crippen molar-refractivity contribution in [1.82, 2.24) is 4.98 Å². The topological polar surface area (TPSA) is 84.7 Å². The molecule has 0 unspecified atom stereocenters. The molecule has 0 saturated carbocycles. The van der Waals surface area contributed by atoms with Crippen LogP contribution in [0.2, 0.25) is 0 Å². The van der Waals surface area contributed by atoms with Gasteiger partial charge < -0.3 is 25.5 Å². The quantitative estimate of drug-likeness (QED) is 0.312. The van der Waals surface area contributed by atoms with Crippen LogP contribution in [-0.4, -0.2) is 24.2 Å². The van der Waals surface area contributed by atoms with Gasteiger partial charge in [0.25, 0.3) is 0 Å². The van der Waals surface area contributed by atoms with Gasteiger partial charge in [-0.05, 0) is 29.7 Å². The smallest absolute Gasteiger partial charge is 0.193 e. The molecule has 0 radical (unpaired) electrons. The predicted molar refractivity (Wildman–Crippen MR) is 115 cm³/mol. The summed E-state index contributed by atoms with van der Waals surface area (Å²) in [5.74, 6) is 1.84. The number of nitrogens with one attached hydrogen (secondary N) is 2. The van der Waals surface area contributed by atoms with E-state index >= 15 is 0 Å². The molecule has 0 fully saturated rings. The highest BCUT2D eigenvalue weighted by Crippen LogP contribution is 2.32. The summed E-state index contributed by atoms with van der Waals surface area (Å²) in [5, 5.41) is 4.26. The van der Waals surface area contributed by atoms with Crippen molar-refractivity contribution in [2.45, 2.75) is 13.0 Å². The molecule has 0 saturated heterocycles. The molecule has 0 aliphatic carbocycles. The monoisotopic (exact) mass is 464 g/mol. The largest absolute Gasteiger partial charge is 0.490 e. The van der Waals surface area contributed by atoms with Crippen LogP contribution in [0.15, 0.2) is 53.5 Å². The first kappa shape index (κ1) is 18.4. The number of hydrogen-bond donors (Lipinski definition) is 3. The van der Waals surface area contributed by atoms with Crippen LogP contribution in [0.3, 0.4) is 0 Å². The Morgan fingerprint density at radius 2 is 1.88 bits per heavy atom. The van der Waals surface area contributed by atoms with Crippen LogP contribution in [0.5, 0.6) is 11.5 Å². The van der Waals surface area contributed by atoms with E-state index in [2.05, 4.69) is 27.4 Å². The van der Waals surface area contributed by atoms with Crippen molar-refractivity contribution in [3.05, 3.63) is 54.2 Å². The molecule has 0 amide bonds. The molecule has 1 aromatic heterocycles. The highest BCUT2D eigenvalue weighted by molar-refractivity contribution is 14.0. The van der Waals surface area contributed by atoms with Crippen LogP contribution in [0.4, 0.5) is 5.69 Å². The summed E-state index contributed by atoms with van der Waals surface area (Å²) in [7, 11) is 0. The van der Waals surface area contributed by atoms with Crippen LogP contribution < -0.4 is 20.5 Å². The average Bonchev–Trinajstić information content (AvgIpc) is 2.90. The van der Waals surface area contributed by atoms with E-state index < -0.39 is 0 Å². The van der Waals surface area contributed by atoms with Gasteiger partial charge in [-0.2, -0.15) is 0 Å². The third-order valence-electron chi connectivity index (χ3n) is 4.03. The van der Waals surface area contributed by atoms with Gasteiger partial charge in [-0.1, -0.05) is 18.2 Å². The molecule has 4 N–H and O–H groups in total. The maximum absolute atomic E-state index is 6.01. The number of para-hydroxylation sites is 1. The Hall–Kier alpha value is -2.42. The molecule has 6 nitrogen and oxygen atoms in total. The van der Waals surface area contributed by atoms with Crippen molar-refractivity contribution in [1.29, 1.82) is 0 Å². The molecule has 7 heteroatoms. The molecule has 26 heavy (non-hydrogen) atoms. The summed E-state index contributed by atoms with van der Waals surface area (Å²) >= 11 is 0. The van der Waals surface area contributed by atoms with E-state index in [1.165, 1.54) is 5.39 Å². The van der Waals surface area contributed by atoms with Crippen LogP contribution in [0.25, 0.3) is 10.9 Å². The lowest BCUT2D eigenvalue weighted by Crippen LogP contribution is -2.22. The number of aliphatic imine (C=N–C) groups is 1. The van der Waals surface area contributed by atoms with E-state index in [0.29, 0.717) is 25.7 Å². The number of rotatable bonds is 3.